The molecule has 0 aliphatic rings. The number of nitrogens with one attached hydrogen (secondary N) is 1. The summed E-state index contributed by atoms with van der Waals surface area (Å²) in [5.41, 5.74) is 0.933. The summed E-state index contributed by atoms with van der Waals surface area (Å²) in [6, 6.07) is 6.44. The second-order valence-corrected chi connectivity index (χ2v) is 3.98. The van der Waals surface area contributed by atoms with Crippen LogP contribution in [0.15, 0.2) is 24.3 Å². The van der Waals surface area contributed by atoms with Crippen LogP contribution in [0, 0.1) is 6.92 Å². The van der Waals surface area contributed by atoms with E-state index < -0.39 is 6.61 Å². The van der Waals surface area contributed by atoms with Crippen molar-refractivity contribution in [3.05, 3.63) is 35.7 Å². The summed E-state index contributed by atoms with van der Waals surface area (Å²) in [7, 11) is 1.79. The predicted octanol–water partition coefficient (Wildman–Crippen LogP) is 2.34. The van der Waals surface area contributed by atoms with Crippen LogP contribution < -0.4 is 10.1 Å². The Morgan fingerprint density at radius 3 is 2.53 bits per heavy atom. The van der Waals surface area contributed by atoms with Crippen molar-refractivity contribution in [1.29, 1.82) is 0 Å². The second kappa shape index (κ2) is 5.64. The first-order valence-electron chi connectivity index (χ1n) is 5.70. The smallest absolute Gasteiger partial charge is 0.387 e. The number of anilines is 1. The van der Waals surface area contributed by atoms with Crippen molar-refractivity contribution in [3.63, 3.8) is 0 Å². The standard InChI is InChI=1S/C12H14F2N4O/c1-8-16-12(18(2)17-8)15-7-9-3-5-10(6-4-9)19-11(13)14/h3-6,11H,7H2,1-2H3,(H,15,16,17). The topological polar surface area (TPSA) is 52.0 Å². The SMILES string of the molecule is Cc1nc(NCc2ccc(OC(F)F)cc2)n(C)n1. The lowest BCUT2D eigenvalue weighted by Gasteiger charge is -2.07. The first-order chi connectivity index (χ1) is 9.04. The second-order valence-electron chi connectivity index (χ2n) is 3.98. The molecule has 0 spiro atoms. The third kappa shape index (κ3) is 3.64. The van der Waals surface area contributed by atoms with Crippen molar-refractivity contribution < 1.29 is 13.5 Å². The number of ether oxygens (including phenoxy) is 1. The number of nitrogens with zero attached hydrogens (tertiary/aromatic N) is 3. The maximum absolute atomic E-state index is 12.0. The molecule has 2 aromatic rings. The Balaban J connectivity index is 1.94. The van der Waals surface area contributed by atoms with Crippen LogP contribution in [-0.2, 0) is 13.6 Å². The van der Waals surface area contributed by atoms with Crippen LogP contribution in [0.5, 0.6) is 5.75 Å². The Hall–Kier alpha value is -2.18. The maximum atomic E-state index is 12.0. The summed E-state index contributed by atoms with van der Waals surface area (Å²) in [6.07, 6.45) is 0. The van der Waals surface area contributed by atoms with E-state index in [4.69, 9.17) is 0 Å². The molecule has 5 nitrogen and oxygen atoms in total. The van der Waals surface area contributed by atoms with E-state index in [1.54, 1.807) is 23.9 Å². The molecule has 0 saturated heterocycles. The van der Waals surface area contributed by atoms with Crippen LogP contribution >= 0.6 is 0 Å². The minimum Gasteiger partial charge on any atom is -0.435 e. The van der Waals surface area contributed by atoms with Gasteiger partial charge in [0.25, 0.3) is 0 Å². The van der Waals surface area contributed by atoms with E-state index in [-0.39, 0.29) is 5.75 Å². The Labute approximate surface area is 109 Å². The van der Waals surface area contributed by atoms with Crippen LogP contribution in [0.3, 0.4) is 0 Å². The highest BCUT2D eigenvalue weighted by Gasteiger charge is 2.05. The van der Waals surface area contributed by atoms with Crippen LogP contribution in [0.1, 0.15) is 11.4 Å². The zero-order valence-corrected chi connectivity index (χ0v) is 10.6. The van der Waals surface area contributed by atoms with Gasteiger partial charge in [0.15, 0.2) is 0 Å². The molecule has 0 atom stereocenters. The number of halogens is 2. The summed E-state index contributed by atoms with van der Waals surface area (Å²) in [4.78, 5) is 4.20. The van der Waals surface area contributed by atoms with E-state index in [1.165, 1.54) is 12.1 Å². The van der Waals surface area contributed by atoms with Gasteiger partial charge in [-0.05, 0) is 24.6 Å². The highest BCUT2D eigenvalue weighted by atomic mass is 19.3. The average molecular weight is 268 g/mol. The molecule has 1 heterocycles. The molecule has 1 aromatic carbocycles. The fraction of sp³-hybridized carbons (Fsp3) is 0.333. The summed E-state index contributed by atoms with van der Waals surface area (Å²) in [5.74, 6) is 1.49. The molecule has 0 saturated carbocycles. The van der Waals surface area contributed by atoms with Crippen molar-refractivity contribution >= 4 is 5.95 Å². The molecule has 7 heteroatoms. The molecule has 102 valence electrons. The first kappa shape index (κ1) is 13.3. The minimum absolute atomic E-state index is 0.147. The molecular weight excluding hydrogens is 254 g/mol. The van der Waals surface area contributed by atoms with Gasteiger partial charge in [-0.2, -0.15) is 18.9 Å². The highest BCUT2D eigenvalue weighted by molar-refractivity contribution is 5.31. The molecular formula is C12H14F2N4O. The largest absolute Gasteiger partial charge is 0.435 e. The van der Waals surface area contributed by atoms with Crippen LogP contribution in [0.2, 0.25) is 0 Å². The third-order valence-corrected chi connectivity index (χ3v) is 2.47. The Morgan fingerprint density at radius 1 is 1.32 bits per heavy atom. The third-order valence-electron chi connectivity index (χ3n) is 2.47. The maximum Gasteiger partial charge on any atom is 0.387 e. The van der Waals surface area contributed by atoms with Gasteiger partial charge in [0, 0.05) is 13.6 Å². The van der Waals surface area contributed by atoms with Crippen molar-refractivity contribution in [2.24, 2.45) is 7.05 Å². The molecule has 2 rings (SSSR count). The number of rotatable bonds is 5. The molecule has 0 fully saturated rings. The van der Waals surface area contributed by atoms with Gasteiger partial charge < -0.3 is 10.1 Å². The van der Waals surface area contributed by atoms with Crippen LogP contribution in [0.25, 0.3) is 0 Å². The van der Waals surface area contributed by atoms with Gasteiger partial charge in [-0.3, -0.25) is 0 Å². The number of alkyl halides is 2. The van der Waals surface area contributed by atoms with Crippen molar-refractivity contribution in [2.45, 2.75) is 20.1 Å². The van der Waals surface area contributed by atoms with Gasteiger partial charge in [0.1, 0.15) is 11.6 Å². The summed E-state index contributed by atoms with van der Waals surface area (Å²) < 4.78 is 29.9. The van der Waals surface area contributed by atoms with Gasteiger partial charge in [-0.15, -0.1) is 0 Å². The highest BCUT2D eigenvalue weighted by Crippen LogP contribution is 2.15. The number of hydrogen-bond acceptors (Lipinski definition) is 4. The Bertz CT molecular complexity index is 539. The fourth-order valence-electron chi connectivity index (χ4n) is 1.64. The number of hydrogen-bond donors (Lipinski definition) is 1. The lowest BCUT2D eigenvalue weighted by molar-refractivity contribution is -0.0498. The lowest BCUT2D eigenvalue weighted by atomic mass is 10.2. The van der Waals surface area contributed by atoms with Gasteiger partial charge in [-0.25, -0.2) is 4.68 Å². The van der Waals surface area contributed by atoms with Gasteiger partial charge >= 0.3 is 6.61 Å². The van der Waals surface area contributed by atoms with E-state index in [9.17, 15) is 8.78 Å². The Kier molecular flexibility index (Phi) is 3.94. The fourth-order valence-corrected chi connectivity index (χ4v) is 1.64. The van der Waals surface area contributed by atoms with Crippen molar-refractivity contribution in [1.82, 2.24) is 14.8 Å². The molecule has 0 bridgehead atoms. The lowest BCUT2D eigenvalue weighted by Crippen LogP contribution is -2.06. The van der Waals surface area contributed by atoms with Gasteiger partial charge in [0.05, 0.1) is 0 Å². The molecule has 0 unspecified atom stereocenters. The molecule has 1 aromatic heterocycles. The van der Waals surface area contributed by atoms with E-state index in [0.29, 0.717) is 18.3 Å². The number of aryl methyl sites for hydroxylation is 2. The molecule has 0 aliphatic carbocycles. The zero-order valence-electron chi connectivity index (χ0n) is 10.6. The van der Waals surface area contributed by atoms with E-state index >= 15 is 0 Å². The van der Waals surface area contributed by atoms with Gasteiger partial charge in [0.2, 0.25) is 5.95 Å². The first-order valence-corrected chi connectivity index (χ1v) is 5.70. The molecule has 0 amide bonds. The quantitative estimate of drug-likeness (QED) is 0.904. The molecule has 1 N–H and O–H groups in total. The predicted molar refractivity (Wildman–Crippen MR) is 66.1 cm³/mol. The summed E-state index contributed by atoms with van der Waals surface area (Å²) in [6.45, 7) is -0.464. The molecule has 19 heavy (non-hydrogen) atoms. The van der Waals surface area contributed by atoms with E-state index in [0.717, 1.165) is 5.56 Å². The minimum atomic E-state index is -2.80. The number of aromatic nitrogens is 3. The van der Waals surface area contributed by atoms with Crippen LogP contribution in [0.4, 0.5) is 14.7 Å². The zero-order chi connectivity index (χ0) is 13.8. The van der Waals surface area contributed by atoms with Crippen LogP contribution in [-0.4, -0.2) is 21.4 Å². The van der Waals surface area contributed by atoms with Crippen molar-refractivity contribution in [3.8, 4) is 5.75 Å². The average Bonchev–Trinajstić information content (AvgIpc) is 2.66. The van der Waals surface area contributed by atoms with Crippen molar-refractivity contribution in [2.75, 3.05) is 5.32 Å². The summed E-state index contributed by atoms with van der Waals surface area (Å²) >= 11 is 0. The Morgan fingerprint density at radius 2 is 2.00 bits per heavy atom. The van der Waals surface area contributed by atoms with E-state index in [1.807, 2.05) is 6.92 Å². The van der Waals surface area contributed by atoms with Gasteiger partial charge in [-0.1, -0.05) is 12.1 Å². The normalized spacial score (nSPS) is 10.8. The number of benzene rings is 1. The summed E-state index contributed by atoms with van der Waals surface area (Å²) in [5, 5.41) is 7.22. The van der Waals surface area contributed by atoms with E-state index in [2.05, 4.69) is 20.1 Å². The molecule has 0 aliphatic heterocycles. The molecule has 0 radical (unpaired) electrons. The monoisotopic (exact) mass is 268 g/mol.